The summed E-state index contributed by atoms with van der Waals surface area (Å²) in [7, 11) is 1.79. The van der Waals surface area contributed by atoms with Gasteiger partial charge in [0.05, 0.1) is 0 Å². The number of pyridine rings is 2. The average molecular weight is 414 g/mol. The van der Waals surface area contributed by atoms with Crippen molar-refractivity contribution in [3.63, 3.8) is 0 Å². The van der Waals surface area contributed by atoms with Crippen LogP contribution in [0.3, 0.4) is 0 Å². The third kappa shape index (κ3) is 3.55. The quantitative estimate of drug-likeness (QED) is 0.676. The molecule has 0 saturated carbocycles. The van der Waals surface area contributed by atoms with Gasteiger partial charge in [0.25, 0.3) is 5.56 Å². The van der Waals surface area contributed by atoms with Crippen molar-refractivity contribution in [2.24, 2.45) is 12.5 Å². The normalized spacial score (nSPS) is 18.7. The number of hydrogen-bond donors (Lipinski definition) is 2. The number of halogens is 1. The lowest BCUT2D eigenvalue weighted by atomic mass is 9.71. The van der Waals surface area contributed by atoms with Gasteiger partial charge in [-0.25, -0.2) is 4.98 Å². The second-order valence-electron chi connectivity index (χ2n) is 8.37. The molecule has 3 aromatic heterocycles. The molecule has 0 atom stereocenters. The number of fused-ring (bicyclic) bond motifs is 1. The first-order chi connectivity index (χ1) is 13.7. The maximum Gasteiger partial charge on any atom is 0.274 e. The minimum Gasteiger partial charge on any atom is -0.357 e. The molecule has 0 aliphatic carbocycles. The van der Waals surface area contributed by atoms with Crippen LogP contribution in [0.4, 0.5) is 5.82 Å². The Balaban J connectivity index is 0.00000205. The molecule has 2 aliphatic heterocycles. The van der Waals surface area contributed by atoms with Gasteiger partial charge in [0.1, 0.15) is 11.3 Å². The van der Waals surface area contributed by atoms with E-state index in [0.717, 1.165) is 35.4 Å². The molecule has 2 N–H and O–H groups in total. The summed E-state index contributed by atoms with van der Waals surface area (Å²) < 4.78 is 1.63. The fourth-order valence-electron chi connectivity index (χ4n) is 4.90. The molecule has 0 amide bonds. The van der Waals surface area contributed by atoms with Gasteiger partial charge < -0.3 is 19.8 Å². The molecule has 5 rings (SSSR count). The fourth-order valence-corrected chi connectivity index (χ4v) is 4.90. The minimum atomic E-state index is -0.00603. The first-order valence-electron chi connectivity index (χ1n) is 10.2. The van der Waals surface area contributed by atoms with E-state index in [0.29, 0.717) is 10.9 Å². The largest absolute Gasteiger partial charge is 0.357 e. The summed E-state index contributed by atoms with van der Waals surface area (Å²) in [4.78, 5) is 22.5. The molecule has 5 heterocycles. The van der Waals surface area contributed by atoms with E-state index < -0.39 is 0 Å². The summed E-state index contributed by atoms with van der Waals surface area (Å²) in [6.45, 7) is 4.52. The minimum absolute atomic E-state index is 0. The summed E-state index contributed by atoms with van der Waals surface area (Å²) in [6, 6.07) is 6.21. The van der Waals surface area contributed by atoms with Crippen molar-refractivity contribution < 1.29 is 0 Å². The number of piperidine rings is 2. The number of anilines is 1. The summed E-state index contributed by atoms with van der Waals surface area (Å²) in [5, 5.41) is 4.44. The SMILES string of the molecule is Cl.Cn1cc(-c2ccc(N3CCC4(CCNCC4)CC3)nc2)c2cc[nH]c2c1=O. The number of H-pyrrole nitrogens is 1. The molecule has 0 bridgehead atoms. The van der Waals surface area contributed by atoms with Crippen LogP contribution in [0.25, 0.3) is 22.0 Å². The highest BCUT2D eigenvalue weighted by Crippen LogP contribution is 2.40. The van der Waals surface area contributed by atoms with Crippen LogP contribution in [0.2, 0.25) is 0 Å². The molecule has 2 saturated heterocycles. The van der Waals surface area contributed by atoms with Crippen LogP contribution in [0.1, 0.15) is 25.7 Å². The standard InChI is InChI=1S/C22H27N5O.ClH/c1-26-15-18(17-4-9-24-20(17)21(26)28)16-2-3-19(25-14-16)27-12-7-22(8-13-27)5-10-23-11-6-22;/h2-4,9,14-15,23-24H,5-8,10-13H2,1H3;1H. The zero-order valence-corrected chi connectivity index (χ0v) is 17.6. The maximum absolute atomic E-state index is 12.3. The van der Waals surface area contributed by atoms with Crippen LogP contribution < -0.4 is 15.8 Å². The van der Waals surface area contributed by atoms with Crippen molar-refractivity contribution in [2.45, 2.75) is 25.7 Å². The predicted octanol–water partition coefficient (Wildman–Crippen LogP) is 3.32. The van der Waals surface area contributed by atoms with Crippen molar-refractivity contribution in [3.05, 3.63) is 47.1 Å². The molecule has 6 nitrogen and oxygen atoms in total. The Kier molecular flexibility index (Phi) is 5.40. The van der Waals surface area contributed by atoms with E-state index in [-0.39, 0.29) is 18.0 Å². The zero-order chi connectivity index (χ0) is 19.1. The monoisotopic (exact) mass is 413 g/mol. The van der Waals surface area contributed by atoms with E-state index in [1.165, 1.54) is 38.8 Å². The van der Waals surface area contributed by atoms with Gasteiger partial charge in [-0.15, -0.1) is 12.4 Å². The molecule has 7 heteroatoms. The van der Waals surface area contributed by atoms with Gasteiger partial charge >= 0.3 is 0 Å². The number of aryl methyl sites for hydroxylation is 1. The van der Waals surface area contributed by atoms with Crippen LogP contribution >= 0.6 is 12.4 Å². The number of hydrogen-bond acceptors (Lipinski definition) is 4. The van der Waals surface area contributed by atoms with Gasteiger partial charge in [0.2, 0.25) is 0 Å². The summed E-state index contributed by atoms with van der Waals surface area (Å²) >= 11 is 0. The predicted molar refractivity (Wildman–Crippen MR) is 120 cm³/mol. The topological polar surface area (TPSA) is 66.0 Å². The van der Waals surface area contributed by atoms with Gasteiger partial charge in [-0.1, -0.05) is 0 Å². The molecule has 29 heavy (non-hydrogen) atoms. The van der Waals surface area contributed by atoms with Crippen molar-refractivity contribution in [2.75, 3.05) is 31.1 Å². The lowest BCUT2D eigenvalue weighted by molar-refractivity contribution is 0.154. The van der Waals surface area contributed by atoms with Crippen molar-refractivity contribution in [1.82, 2.24) is 19.9 Å². The van der Waals surface area contributed by atoms with Crippen LogP contribution in [-0.2, 0) is 7.05 Å². The molecule has 2 aliphatic rings. The third-order valence-corrected chi connectivity index (χ3v) is 6.77. The highest BCUT2D eigenvalue weighted by Gasteiger charge is 2.35. The molecule has 0 unspecified atom stereocenters. The fraction of sp³-hybridized carbons (Fsp3) is 0.455. The Morgan fingerprint density at radius 3 is 2.52 bits per heavy atom. The van der Waals surface area contributed by atoms with E-state index in [9.17, 15) is 4.79 Å². The number of aromatic nitrogens is 3. The number of aromatic amines is 1. The lowest BCUT2D eigenvalue weighted by Gasteiger charge is -2.44. The Labute approximate surface area is 176 Å². The van der Waals surface area contributed by atoms with Gasteiger partial charge in [-0.05, 0) is 62.4 Å². The molecule has 0 aromatic carbocycles. The first-order valence-corrected chi connectivity index (χ1v) is 10.2. The molecular formula is C22H28ClN5O. The first kappa shape index (κ1) is 20.0. The Morgan fingerprint density at radius 2 is 1.83 bits per heavy atom. The number of rotatable bonds is 2. The second-order valence-corrected chi connectivity index (χ2v) is 8.37. The van der Waals surface area contributed by atoms with E-state index in [1.807, 2.05) is 24.7 Å². The number of nitrogens with one attached hydrogen (secondary N) is 2. The van der Waals surface area contributed by atoms with Crippen LogP contribution in [0.5, 0.6) is 0 Å². The molecule has 1 spiro atoms. The summed E-state index contributed by atoms with van der Waals surface area (Å²) in [5.41, 5.74) is 3.26. The molecule has 154 valence electrons. The maximum atomic E-state index is 12.3. The van der Waals surface area contributed by atoms with Crippen molar-refractivity contribution in [3.8, 4) is 11.1 Å². The lowest BCUT2D eigenvalue weighted by Crippen LogP contribution is -2.45. The van der Waals surface area contributed by atoms with Crippen molar-refractivity contribution in [1.29, 1.82) is 0 Å². The van der Waals surface area contributed by atoms with Gasteiger partial charge in [-0.3, -0.25) is 4.79 Å². The highest BCUT2D eigenvalue weighted by atomic mass is 35.5. The summed E-state index contributed by atoms with van der Waals surface area (Å²) in [6.07, 6.45) is 10.8. The molecule has 2 fully saturated rings. The smallest absolute Gasteiger partial charge is 0.274 e. The Bertz CT molecular complexity index is 1040. The van der Waals surface area contributed by atoms with Gasteiger partial charge in [-0.2, -0.15) is 0 Å². The van der Waals surface area contributed by atoms with Crippen LogP contribution in [0.15, 0.2) is 41.6 Å². The van der Waals surface area contributed by atoms with E-state index >= 15 is 0 Å². The van der Waals surface area contributed by atoms with Gasteiger partial charge in [0, 0.05) is 55.2 Å². The van der Waals surface area contributed by atoms with E-state index in [2.05, 4.69) is 27.3 Å². The molecule has 0 radical (unpaired) electrons. The van der Waals surface area contributed by atoms with E-state index in [4.69, 9.17) is 4.98 Å². The van der Waals surface area contributed by atoms with E-state index in [1.54, 1.807) is 11.6 Å². The highest BCUT2D eigenvalue weighted by molar-refractivity contribution is 5.94. The molecular weight excluding hydrogens is 386 g/mol. The zero-order valence-electron chi connectivity index (χ0n) is 16.8. The van der Waals surface area contributed by atoms with Crippen molar-refractivity contribution >= 4 is 29.1 Å². The average Bonchev–Trinajstić information content (AvgIpc) is 3.22. The van der Waals surface area contributed by atoms with Gasteiger partial charge in [0.15, 0.2) is 0 Å². The third-order valence-electron chi connectivity index (χ3n) is 6.77. The molecule has 3 aromatic rings. The summed E-state index contributed by atoms with van der Waals surface area (Å²) in [5.74, 6) is 1.06. The van der Waals surface area contributed by atoms with Crippen LogP contribution in [0, 0.1) is 5.41 Å². The van der Waals surface area contributed by atoms with Crippen LogP contribution in [-0.4, -0.2) is 40.7 Å². The second kappa shape index (κ2) is 7.84. The number of nitrogens with zero attached hydrogens (tertiary/aromatic N) is 3. The Morgan fingerprint density at radius 1 is 1.07 bits per heavy atom. The Hall–Kier alpha value is -2.31.